The third-order valence-electron chi connectivity index (χ3n) is 5.56. The van der Waals surface area contributed by atoms with Crippen molar-refractivity contribution in [3.05, 3.63) is 88.1 Å². The minimum Gasteiger partial charge on any atom is -0.491 e. The summed E-state index contributed by atoms with van der Waals surface area (Å²) < 4.78 is 20.6. The molecule has 0 radical (unpaired) electrons. The van der Waals surface area contributed by atoms with E-state index in [2.05, 4.69) is 21.2 Å². The van der Waals surface area contributed by atoms with Crippen LogP contribution in [0.1, 0.15) is 11.1 Å². The average molecular weight is 467 g/mol. The number of anilines is 2. The third-order valence-corrected chi connectivity index (χ3v) is 6.05. The quantitative estimate of drug-likeness (QED) is 0.627. The second-order valence-electron chi connectivity index (χ2n) is 7.27. The van der Waals surface area contributed by atoms with Crippen LogP contribution in [0.4, 0.5) is 15.8 Å². The number of carbonyl (C=O) groups is 2. The number of nitrogens with zero attached hydrogens (tertiary/aromatic N) is 1. The summed E-state index contributed by atoms with van der Waals surface area (Å²) in [4.78, 5) is 27.8. The maximum Gasteiger partial charge on any atom is 0.246 e. The first kappa shape index (κ1) is 18.8. The summed E-state index contributed by atoms with van der Waals surface area (Å²) in [5.41, 5.74) is 1.30. The molecule has 1 spiro atoms. The van der Waals surface area contributed by atoms with E-state index in [0.29, 0.717) is 11.4 Å². The van der Waals surface area contributed by atoms with Gasteiger partial charge in [-0.3, -0.25) is 9.59 Å². The van der Waals surface area contributed by atoms with Gasteiger partial charge in [0, 0.05) is 15.7 Å². The highest BCUT2D eigenvalue weighted by Crippen LogP contribution is 2.52. The molecule has 0 fully saturated rings. The van der Waals surface area contributed by atoms with Crippen molar-refractivity contribution in [2.75, 3.05) is 23.4 Å². The number of hydrogen-bond donors (Lipinski definition) is 1. The summed E-state index contributed by atoms with van der Waals surface area (Å²) in [6.45, 7) is -0.0602. The van der Waals surface area contributed by atoms with Gasteiger partial charge >= 0.3 is 0 Å². The number of ether oxygens (including phenoxy) is 1. The predicted octanol–water partition coefficient (Wildman–Crippen LogP) is 4.25. The molecular weight excluding hydrogens is 451 g/mol. The highest BCUT2D eigenvalue weighted by Gasteiger charge is 2.57. The zero-order chi connectivity index (χ0) is 20.9. The van der Waals surface area contributed by atoms with Crippen LogP contribution in [0.2, 0.25) is 0 Å². The molecule has 1 N–H and O–H groups in total. The molecular formula is C23H16BrFN2O3. The first-order chi connectivity index (χ1) is 14.5. The first-order valence-electron chi connectivity index (χ1n) is 9.39. The average Bonchev–Trinajstić information content (AvgIpc) is 3.22. The summed E-state index contributed by atoms with van der Waals surface area (Å²) >= 11 is 3.47. The summed E-state index contributed by atoms with van der Waals surface area (Å²) in [5, 5.41) is 2.55. The Kier molecular flexibility index (Phi) is 4.36. The van der Waals surface area contributed by atoms with Gasteiger partial charge < -0.3 is 15.0 Å². The SMILES string of the molecule is O=C(CN1C(=O)C2(COc3ccc(Br)cc32)c2ccccc21)Nc1ccccc1F. The van der Waals surface area contributed by atoms with Gasteiger partial charge in [0.05, 0.1) is 5.69 Å². The summed E-state index contributed by atoms with van der Waals surface area (Å²) in [7, 11) is 0. The molecule has 2 aliphatic rings. The first-order valence-corrected chi connectivity index (χ1v) is 10.2. The van der Waals surface area contributed by atoms with Gasteiger partial charge in [-0.05, 0) is 42.0 Å². The van der Waals surface area contributed by atoms with E-state index in [4.69, 9.17) is 4.74 Å². The number of benzene rings is 3. The van der Waals surface area contributed by atoms with E-state index in [1.54, 1.807) is 12.1 Å². The van der Waals surface area contributed by atoms with Gasteiger partial charge in [0.1, 0.15) is 30.1 Å². The normalized spacial score (nSPS) is 18.9. The maximum atomic E-state index is 13.9. The molecule has 2 amide bonds. The van der Waals surface area contributed by atoms with Crippen LogP contribution in [-0.4, -0.2) is 25.0 Å². The summed E-state index contributed by atoms with van der Waals surface area (Å²) in [6, 6.07) is 18.9. The lowest BCUT2D eigenvalue weighted by molar-refractivity contribution is -0.124. The molecule has 30 heavy (non-hydrogen) atoms. The highest BCUT2D eigenvalue weighted by molar-refractivity contribution is 9.10. The van der Waals surface area contributed by atoms with Crippen LogP contribution in [-0.2, 0) is 15.0 Å². The van der Waals surface area contributed by atoms with E-state index in [0.717, 1.165) is 15.6 Å². The number of para-hydroxylation sites is 2. The fourth-order valence-electron chi connectivity index (χ4n) is 4.20. The Labute approximate surface area is 180 Å². The predicted molar refractivity (Wildman–Crippen MR) is 114 cm³/mol. The van der Waals surface area contributed by atoms with Crippen molar-refractivity contribution in [3.63, 3.8) is 0 Å². The van der Waals surface area contributed by atoms with Crippen LogP contribution < -0.4 is 15.0 Å². The van der Waals surface area contributed by atoms with Gasteiger partial charge in [0.2, 0.25) is 11.8 Å². The van der Waals surface area contributed by atoms with Gasteiger partial charge in [-0.1, -0.05) is 46.3 Å². The lowest BCUT2D eigenvalue weighted by Gasteiger charge is -2.23. The van der Waals surface area contributed by atoms with Crippen molar-refractivity contribution >= 4 is 39.1 Å². The number of halogens is 2. The van der Waals surface area contributed by atoms with E-state index in [1.165, 1.54) is 17.0 Å². The third kappa shape index (κ3) is 2.73. The molecule has 1 atom stereocenters. The second kappa shape index (κ2) is 6.95. The van der Waals surface area contributed by atoms with Crippen molar-refractivity contribution < 1.29 is 18.7 Å². The van der Waals surface area contributed by atoms with E-state index >= 15 is 0 Å². The highest BCUT2D eigenvalue weighted by atomic mass is 79.9. The Morgan fingerprint density at radius 2 is 1.87 bits per heavy atom. The Balaban J connectivity index is 1.52. The fourth-order valence-corrected chi connectivity index (χ4v) is 4.56. The second-order valence-corrected chi connectivity index (χ2v) is 8.19. The van der Waals surface area contributed by atoms with Gasteiger partial charge in [-0.15, -0.1) is 0 Å². The van der Waals surface area contributed by atoms with Gasteiger partial charge in [-0.2, -0.15) is 0 Å². The lowest BCUT2D eigenvalue weighted by atomic mass is 9.77. The molecule has 2 heterocycles. The minimum absolute atomic E-state index is 0.0793. The molecule has 150 valence electrons. The maximum absolute atomic E-state index is 13.9. The molecule has 5 rings (SSSR count). The zero-order valence-electron chi connectivity index (χ0n) is 15.7. The van der Waals surface area contributed by atoms with Crippen molar-refractivity contribution in [3.8, 4) is 5.75 Å². The van der Waals surface area contributed by atoms with Crippen LogP contribution >= 0.6 is 15.9 Å². The van der Waals surface area contributed by atoms with E-state index in [-0.39, 0.29) is 24.7 Å². The Bertz CT molecular complexity index is 1200. The van der Waals surface area contributed by atoms with E-state index < -0.39 is 17.1 Å². The topological polar surface area (TPSA) is 58.6 Å². The van der Waals surface area contributed by atoms with Crippen LogP contribution in [0.5, 0.6) is 5.75 Å². The Morgan fingerprint density at radius 3 is 2.70 bits per heavy atom. The van der Waals surface area contributed by atoms with Crippen LogP contribution in [0.25, 0.3) is 0 Å². The molecule has 5 nitrogen and oxygen atoms in total. The molecule has 0 saturated heterocycles. The fraction of sp³-hybridized carbons (Fsp3) is 0.130. The van der Waals surface area contributed by atoms with Crippen LogP contribution in [0.3, 0.4) is 0 Å². The van der Waals surface area contributed by atoms with Gasteiger partial charge in [-0.25, -0.2) is 4.39 Å². The molecule has 3 aromatic rings. The molecule has 0 bridgehead atoms. The smallest absolute Gasteiger partial charge is 0.246 e. The molecule has 3 aromatic carbocycles. The van der Waals surface area contributed by atoms with Crippen LogP contribution in [0, 0.1) is 5.82 Å². The van der Waals surface area contributed by atoms with E-state index in [1.807, 2.05) is 42.5 Å². The summed E-state index contributed by atoms with van der Waals surface area (Å²) in [6.07, 6.45) is 0. The van der Waals surface area contributed by atoms with Gasteiger partial charge in [0.25, 0.3) is 0 Å². The molecule has 0 aromatic heterocycles. The molecule has 0 saturated carbocycles. The molecule has 0 aliphatic carbocycles. The van der Waals surface area contributed by atoms with Crippen LogP contribution in [0.15, 0.2) is 71.2 Å². The molecule has 2 aliphatic heterocycles. The van der Waals surface area contributed by atoms with Crippen molar-refractivity contribution in [1.29, 1.82) is 0 Å². The van der Waals surface area contributed by atoms with Crippen molar-refractivity contribution in [2.24, 2.45) is 0 Å². The largest absolute Gasteiger partial charge is 0.491 e. The number of carbonyl (C=O) groups excluding carboxylic acids is 2. The van der Waals surface area contributed by atoms with E-state index in [9.17, 15) is 14.0 Å². The number of rotatable bonds is 3. The number of hydrogen-bond acceptors (Lipinski definition) is 3. The molecule has 1 unspecified atom stereocenters. The minimum atomic E-state index is -1.01. The zero-order valence-corrected chi connectivity index (χ0v) is 17.3. The lowest BCUT2D eigenvalue weighted by Crippen LogP contribution is -2.45. The monoisotopic (exact) mass is 466 g/mol. The van der Waals surface area contributed by atoms with Gasteiger partial charge in [0.15, 0.2) is 0 Å². The van der Waals surface area contributed by atoms with Crippen molar-refractivity contribution in [1.82, 2.24) is 0 Å². The standard InChI is InChI=1S/C23H16BrFN2O3/c24-14-9-10-20-16(11-14)23(13-30-20)15-5-1-4-8-19(15)27(22(23)29)12-21(28)26-18-7-3-2-6-17(18)25/h1-11H,12-13H2,(H,26,28). The van der Waals surface area contributed by atoms with Crippen molar-refractivity contribution in [2.45, 2.75) is 5.41 Å². The molecule has 7 heteroatoms. The number of amides is 2. The Morgan fingerprint density at radius 1 is 1.10 bits per heavy atom. The summed E-state index contributed by atoms with van der Waals surface area (Å²) in [5.74, 6) is -0.588. The number of fused-ring (bicyclic) bond motifs is 4. The number of nitrogens with one attached hydrogen (secondary N) is 1. The Hall–Kier alpha value is -3.19.